The molecule has 0 radical (unpaired) electrons. The van der Waals surface area contributed by atoms with Crippen molar-refractivity contribution in [3.63, 3.8) is 0 Å². The average Bonchev–Trinajstić information content (AvgIpc) is 3.00. The Morgan fingerprint density at radius 1 is 0.860 bits per heavy atom. The number of aromatic carboxylic acids is 1. The molecular weight excluding hydrogens is 591 g/mol. The van der Waals surface area contributed by atoms with Crippen molar-refractivity contribution in [1.82, 2.24) is 4.98 Å². The van der Waals surface area contributed by atoms with E-state index >= 15 is 0 Å². The van der Waals surface area contributed by atoms with Crippen LogP contribution in [0.25, 0.3) is 0 Å². The van der Waals surface area contributed by atoms with Crippen LogP contribution in [0.5, 0.6) is 17.4 Å². The van der Waals surface area contributed by atoms with Crippen LogP contribution in [0.1, 0.15) is 52.0 Å². The molecule has 5 rings (SSSR count). The molecule has 3 aromatic carbocycles. The number of ether oxygens (including phenoxy) is 2. The van der Waals surface area contributed by atoms with Gasteiger partial charge in [0.2, 0.25) is 11.8 Å². The summed E-state index contributed by atoms with van der Waals surface area (Å²) in [5, 5.41) is 12.7. The molecule has 4 aromatic rings. The molecule has 220 valence electrons. The van der Waals surface area contributed by atoms with E-state index in [1.54, 1.807) is 60.7 Å². The first-order chi connectivity index (χ1) is 20.7. The van der Waals surface area contributed by atoms with Crippen molar-refractivity contribution in [2.24, 2.45) is 5.92 Å². The quantitative estimate of drug-likeness (QED) is 0.174. The fraction of sp³-hybridized carbons (Fsp3) is 0.212. The molecule has 1 aromatic heterocycles. The van der Waals surface area contributed by atoms with E-state index in [-0.39, 0.29) is 41.4 Å². The molecule has 0 unspecified atom stereocenters. The number of hydrogen-bond donors (Lipinski definition) is 2. The zero-order valence-corrected chi connectivity index (χ0v) is 24.5. The van der Waals surface area contributed by atoms with Gasteiger partial charge in [-0.05, 0) is 85.8 Å². The van der Waals surface area contributed by atoms with Crippen LogP contribution in [-0.2, 0) is 11.2 Å². The number of para-hydroxylation sites is 1. The predicted octanol–water partition coefficient (Wildman–Crippen LogP) is 7.88. The van der Waals surface area contributed by atoms with Crippen LogP contribution in [0, 0.1) is 5.92 Å². The number of nitrogens with one attached hydrogen (secondary N) is 1. The summed E-state index contributed by atoms with van der Waals surface area (Å²) in [6.45, 7) is 0. The lowest BCUT2D eigenvalue weighted by Crippen LogP contribution is -2.28. The number of Topliss-reactive ketones (excluding diaryl/α,β-unsaturated/α-hetero) is 1. The van der Waals surface area contributed by atoms with E-state index in [1.807, 2.05) is 12.1 Å². The predicted molar refractivity (Wildman–Crippen MR) is 164 cm³/mol. The van der Waals surface area contributed by atoms with Crippen molar-refractivity contribution in [2.45, 2.75) is 38.2 Å². The maximum Gasteiger partial charge on any atom is 0.337 e. The number of carbonyl (C=O) groups is 3. The number of halogens is 2. The number of anilines is 1. The molecule has 2 N–H and O–H groups in total. The van der Waals surface area contributed by atoms with Gasteiger partial charge < -0.3 is 19.9 Å². The number of rotatable bonds is 10. The van der Waals surface area contributed by atoms with Crippen molar-refractivity contribution in [3.8, 4) is 17.4 Å². The summed E-state index contributed by atoms with van der Waals surface area (Å²) < 4.78 is 12.0. The molecule has 43 heavy (non-hydrogen) atoms. The Bertz CT molecular complexity index is 1620. The lowest BCUT2D eigenvalue weighted by Gasteiger charge is -2.28. The van der Waals surface area contributed by atoms with E-state index < -0.39 is 5.97 Å². The van der Waals surface area contributed by atoms with Crippen molar-refractivity contribution in [2.75, 3.05) is 5.32 Å². The molecule has 0 atom stereocenters. The molecule has 1 saturated carbocycles. The van der Waals surface area contributed by atoms with E-state index in [9.17, 15) is 19.5 Å². The number of nitrogens with zero attached hydrogens (tertiary/aromatic N) is 1. The van der Waals surface area contributed by atoms with E-state index in [2.05, 4.69) is 10.3 Å². The fourth-order valence-electron chi connectivity index (χ4n) is 4.96. The Kier molecular flexibility index (Phi) is 9.59. The van der Waals surface area contributed by atoms with Gasteiger partial charge in [-0.3, -0.25) is 9.59 Å². The van der Waals surface area contributed by atoms with Crippen molar-refractivity contribution in [1.29, 1.82) is 0 Å². The Labute approximate surface area is 258 Å². The smallest absolute Gasteiger partial charge is 0.337 e. The van der Waals surface area contributed by atoms with Crippen LogP contribution in [-0.4, -0.2) is 33.9 Å². The number of aromatic nitrogens is 1. The third kappa shape index (κ3) is 7.91. The molecule has 1 amide bonds. The minimum atomic E-state index is -1.11. The van der Waals surface area contributed by atoms with Gasteiger partial charge in [-0.2, -0.15) is 0 Å². The van der Waals surface area contributed by atoms with Gasteiger partial charge in [-0.15, -0.1) is 0 Å². The summed E-state index contributed by atoms with van der Waals surface area (Å²) in [4.78, 5) is 40.9. The van der Waals surface area contributed by atoms with Crippen LogP contribution in [0.3, 0.4) is 0 Å². The zero-order chi connectivity index (χ0) is 30.3. The monoisotopic (exact) mass is 618 g/mol. The maximum absolute atomic E-state index is 12.9. The van der Waals surface area contributed by atoms with Crippen LogP contribution in [0.15, 0.2) is 85.1 Å². The van der Waals surface area contributed by atoms with Crippen molar-refractivity contribution < 1.29 is 29.0 Å². The summed E-state index contributed by atoms with van der Waals surface area (Å²) in [5.41, 5.74) is 1.50. The molecule has 1 aliphatic rings. The van der Waals surface area contributed by atoms with Crippen molar-refractivity contribution >= 4 is 46.5 Å². The van der Waals surface area contributed by atoms with Gasteiger partial charge in [0.05, 0.1) is 33.8 Å². The van der Waals surface area contributed by atoms with Gasteiger partial charge in [-0.1, -0.05) is 41.4 Å². The number of carbonyl (C=O) groups excluding carboxylic acids is 2. The van der Waals surface area contributed by atoms with E-state index in [1.165, 1.54) is 12.3 Å². The largest absolute Gasteiger partial charge is 0.490 e. The zero-order valence-electron chi connectivity index (χ0n) is 23.0. The first-order valence-corrected chi connectivity index (χ1v) is 14.5. The minimum Gasteiger partial charge on any atom is -0.490 e. The van der Waals surface area contributed by atoms with Gasteiger partial charge in [0.25, 0.3) is 0 Å². The highest BCUT2D eigenvalue weighted by Crippen LogP contribution is 2.32. The Morgan fingerprint density at radius 2 is 1.58 bits per heavy atom. The molecule has 0 bridgehead atoms. The second-order valence-corrected chi connectivity index (χ2v) is 11.1. The number of benzene rings is 3. The van der Waals surface area contributed by atoms with Gasteiger partial charge in [0.1, 0.15) is 11.5 Å². The second-order valence-electron chi connectivity index (χ2n) is 10.2. The Hall–Kier alpha value is -4.40. The topological polar surface area (TPSA) is 115 Å². The normalized spacial score (nSPS) is 16.2. The number of amides is 1. The molecule has 1 heterocycles. The van der Waals surface area contributed by atoms with Gasteiger partial charge in [-0.25, -0.2) is 9.78 Å². The Morgan fingerprint density at radius 3 is 2.26 bits per heavy atom. The average molecular weight is 620 g/mol. The first kappa shape index (κ1) is 30.1. The second kappa shape index (κ2) is 13.7. The summed E-state index contributed by atoms with van der Waals surface area (Å²) in [5.74, 6) is 0.207. The van der Waals surface area contributed by atoms with E-state index in [0.717, 1.165) is 25.7 Å². The molecule has 10 heteroatoms. The van der Waals surface area contributed by atoms with Crippen LogP contribution in [0.4, 0.5) is 5.69 Å². The summed E-state index contributed by atoms with van der Waals surface area (Å²) >= 11 is 12.1. The lowest BCUT2D eigenvalue weighted by molar-refractivity contribution is -0.115. The fourth-order valence-corrected chi connectivity index (χ4v) is 5.26. The number of hydrogen-bond acceptors (Lipinski definition) is 6. The highest BCUT2D eigenvalue weighted by Gasteiger charge is 2.28. The highest BCUT2D eigenvalue weighted by atomic mass is 35.5. The van der Waals surface area contributed by atoms with Gasteiger partial charge in [0, 0.05) is 23.7 Å². The molecule has 0 aliphatic heterocycles. The van der Waals surface area contributed by atoms with Gasteiger partial charge in [0.15, 0.2) is 5.78 Å². The maximum atomic E-state index is 12.9. The van der Waals surface area contributed by atoms with Crippen molar-refractivity contribution in [3.05, 3.63) is 112 Å². The first-order valence-electron chi connectivity index (χ1n) is 13.8. The molecule has 1 aliphatic carbocycles. The molecule has 0 spiro atoms. The van der Waals surface area contributed by atoms with E-state index in [4.69, 9.17) is 32.7 Å². The molecular formula is C33H28Cl2N2O6. The SMILES string of the molecule is O=C(Cc1ccc(Oc2ccc(OC3CCC(C(=O)c4ccc(Cl)c(Cl)c4)CC3)cc2)nc1)Nc1ccccc1C(=O)O. The van der Waals surface area contributed by atoms with Gasteiger partial charge >= 0.3 is 5.97 Å². The Balaban J connectivity index is 1.08. The third-order valence-corrected chi connectivity index (χ3v) is 7.93. The van der Waals surface area contributed by atoms with Crippen LogP contribution in [0.2, 0.25) is 10.0 Å². The number of carboxylic acid groups (broad SMARTS) is 1. The summed E-state index contributed by atoms with van der Waals surface area (Å²) in [6, 6.07) is 21.9. The molecule has 8 nitrogen and oxygen atoms in total. The standard InChI is InChI=1S/C33H28Cl2N2O6/c34-27-15-8-22(18-28(27)35)32(39)21-6-9-23(10-7-21)42-24-11-13-25(14-12-24)43-31-16-5-20(19-36-31)17-30(38)37-29-4-2-1-3-26(29)33(40)41/h1-5,8,11-16,18-19,21,23H,6-7,9-10,17H2,(H,37,38)(H,40,41). The summed E-state index contributed by atoms with van der Waals surface area (Å²) in [6.07, 6.45) is 4.62. The van der Waals surface area contributed by atoms with E-state index in [0.29, 0.717) is 38.6 Å². The van der Waals surface area contributed by atoms with Crippen LogP contribution >= 0.6 is 23.2 Å². The number of pyridine rings is 1. The molecule has 0 saturated heterocycles. The number of carboxylic acids is 1. The number of ketones is 1. The molecule has 1 fully saturated rings. The minimum absolute atomic E-state index is 0.0219. The third-order valence-electron chi connectivity index (χ3n) is 7.19. The lowest BCUT2D eigenvalue weighted by atomic mass is 9.82. The highest BCUT2D eigenvalue weighted by molar-refractivity contribution is 6.42. The van der Waals surface area contributed by atoms with Crippen LogP contribution < -0.4 is 14.8 Å². The summed E-state index contributed by atoms with van der Waals surface area (Å²) in [7, 11) is 0.